The maximum atomic E-state index is 12.7. The minimum absolute atomic E-state index is 0.0272. The molecule has 1 fully saturated rings. The second kappa shape index (κ2) is 5.70. The van der Waals surface area contributed by atoms with Crippen molar-refractivity contribution >= 4 is 34.5 Å². The van der Waals surface area contributed by atoms with Crippen molar-refractivity contribution in [2.24, 2.45) is 5.92 Å². The average molecular weight is 335 g/mol. The Morgan fingerprint density at radius 2 is 2.13 bits per heavy atom. The summed E-state index contributed by atoms with van der Waals surface area (Å²) in [6, 6.07) is 4.42. The van der Waals surface area contributed by atoms with Gasteiger partial charge in [-0.2, -0.15) is 0 Å². The Kier molecular flexibility index (Phi) is 3.85. The molecule has 0 radical (unpaired) electrons. The number of ether oxygens (including phenoxy) is 1. The number of hydrogen-bond donors (Lipinski definition) is 1. The number of nitrogens with zero attached hydrogens (tertiary/aromatic N) is 1. The largest absolute Gasteiger partial charge is 0.447 e. The normalized spacial score (nSPS) is 17.8. The van der Waals surface area contributed by atoms with Crippen LogP contribution in [-0.2, 0) is 4.74 Å². The van der Waals surface area contributed by atoms with Crippen molar-refractivity contribution in [1.29, 1.82) is 0 Å². The number of aromatic amines is 1. The van der Waals surface area contributed by atoms with Crippen LogP contribution in [0.2, 0.25) is 5.02 Å². The number of carbonyl (C=O) groups is 2. The highest BCUT2D eigenvalue weighted by Gasteiger charge is 2.40. The van der Waals surface area contributed by atoms with E-state index in [0.717, 1.165) is 4.90 Å². The van der Waals surface area contributed by atoms with Gasteiger partial charge in [-0.15, -0.1) is 0 Å². The molecule has 0 saturated carbocycles. The minimum atomic E-state index is -0.723. The Morgan fingerprint density at radius 1 is 1.39 bits per heavy atom. The van der Waals surface area contributed by atoms with Crippen molar-refractivity contribution in [3.63, 3.8) is 0 Å². The number of pyridine rings is 1. The number of cyclic esters (lactones) is 1. The van der Waals surface area contributed by atoms with Gasteiger partial charge in [0.2, 0.25) is 5.43 Å². The quantitative estimate of drug-likeness (QED) is 0.915. The lowest BCUT2D eigenvalue weighted by Gasteiger charge is -2.22. The number of amides is 2. The van der Waals surface area contributed by atoms with Gasteiger partial charge in [0, 0.05) is 22.1 Å². The maximum absolute atomic E-state index is 12.7. The van der Waals surface area contributed by atoms with Gasteiger partial charge in [-0.1, -0.05) is 25.4 Å². The smallest absolute Gasteiger partial charge is 0.417 e. The first-order valence-corrected chi connectivity index (χ1v) is 7.59. The number of nitrogens with one attached hydrogen (secondary N) is 1. The molecule has 1 aromatic carbocycles. The van der Waals surface area contributed by atoms with Crippen molar-refractivity contribution < 1.29 is 14.3 Å². The number of halogens is 1. The van der Waals surface area contributed by atoms with Gasteiger partial charge in [0.25, 0.3) is 5.91 Å². The summed E-state index contributed by atoms with van der Waals surface area (Å²) in [5.74, 6) is -0.631. The molecule has 1 aliphatic rings. The van der Waals surface area contributed by atoms with Gasteiger partial charge in [0.05, 0.1) is 6.04 Å². The van der Waals surface area contributed by atoms with Crippen LogP contribution >= 0.6 is 11.6 Å². The fraction of sp³-hybridized carbons (Fsp3) is 0.312. The first-order valence-electron chi connectivity index (χ1n) is 7.21. The Hall–Kier alpha value is -2.34. The second-order valence-corrected chi connectivity index (χ2v) is 6.22. The summed E-state index contributed by atoms with van der Waals surface area (Å²) in [6.07, 6.45) is 0.600. The minimum Gasteiger partial charge on any atom is -0.447 e. The summed E-state index contributed by atoms with van der Waals surface area (Å²) in [4.78, 5) is 41.1. The van der Waals surface area contributed by atoms with Gasteiger partial charge in [-0.3, -0.25) is 9.59 Å². The van der Waals surface area contributed by atoms with E-state index in [1.165, 1.54) is 12.3 Å². The molecule has 2 aromatic rings. The molecule has 7 heteroatoms. The van der Waals surface area contributed by atoms with Gasteiger partial charge >= 0.3 is 6.09 Å². The molecule has 120 valence electrons. The van der Waals surface area contributed by atoms with Gasteiger partial charge in [-0.25, -0.2) is 9.69 Å². The van der Waals surface area contributed by atoms with E-state index in [9.17, 15) is 14.4 Å². The molecule has 1 N–H and O–H groups in total. The van der Waals surface area contributed by atoms with E-state index in [4.69, 9.17) is 16.3 Å². The van der Waals surface area contributed by atoms with Crippen molar-refractivity contribution in [2.45, 2.75) is 19.9 Å². The Balaban J connectivity index is 2.09. The Morgan fingerprint density at radius 3 is 2.83 bits per heavy atom. The van der Waals surface area contributed by atoms with Crippen LogP contribution in [-0.4, -0.2) is 34.5 Å². The van der Waals surface area contributed by atoms with Crippen LogP contribution in [0, 0.1) is 5.92 Å². The summed E-state index contributed by atoms with van der Waals surface area (Å²) in [5, 5.41) is 0.699. The summed E-state index contributed by atoms with van der Waals surface area (Å²) >= 11 is 5.92. The predicted octanol–water partition coefficient (Wildman–Crippen LogP) is 2.80. The summed E-state index contributed by atoms with van der Waals surface area (Å²) in [5.41, 5.74) is -0.00178. The molecule has 0 bridgehead atoms. The molecule has 2 heterocycles. The fourth-order valence-corrected chi connectivity index (χ4v) is 2.81. The van der Waals surface area contributed by atoms with E-state index in [-0.39, 0.29) is 24.1 Å². The molecule has 0 spiro atoms. The lowest BCUT2D eigenvalue weighted by molar-refractivity contribution is 0.0750. The average Bonchev–Trinajstić information content (AvgIpc) is 2.89. The number of hydrogen-bond acceptors (Lipinski definition) is 4. The number of H-pyrrole nitrogens is 1. The number of rotatable bonds is 2. The highest BCUT2D eigenvalue weighted by atomic mass is 35.5. The van der Waals surface area contributed by atoms with Crippen LogP contribution in [0.25, 0.3) is 10.9 Å². The van der Waals surface area contributed by atoms with Crippen LogP contribution in [0.15, 0.2) is 29.2 Å². The van der Waals surface area contributed by atoms with E-state index in [1.807, 2.05) is 13.8 Å². The molecule has 3 rings (SSSR count). The number of carbonyl (C=O) groups excluding carboxylic acids is 2. The molecule has 1 unspecified atom stereocenters. The summed E-state index contributed by atoms with van der Waals surface area (Å²) in [6.45, 7) is 3.91. The summed E-state index contributed by atoms with van der Waals surface area (Å²) in [7, 11) is 0. The lowest BCUT2D eigenvalue weighted by Crippen LogP contribution is -2.43. The predicted molar refractivity (Wildman–Crippen MR) is 85.7 cm³/mol. The van der Waals surface area contributed by atoms with Crippen LogP contribution < -0.4 is 5.43 Å². The maximum Gasteiger partial charge on any atom is 0.417 e. The standard InChI is InChI=1S/C16H15ClN2O4/c1-8(2)13-7-23-16(22)19(13)15(21)11-6-18-12-4-3-9(17)5-10(12)14(11)20/h3-6,8,13H,7H2,1-2H3,(H,18,20). The molecule has 23 heavy (non-hydrogen) atoms. The van der Waals surface area contributed by atoms with E-state index in [1.54, 1.807) is 12.1 Å². The highest BCUT2D eigenvalue weighted by molar-refractivity contribution is 6.31. The lowest BCUT2D eigenvalue weighted by atomic mass is 10.0. The second-order valence-electron chi connectivity index (χ2n) is 5.78. The highest BCUT2D eigenvalue weighted by Crippen LogP contribution is 2.22. The zero-order valence-electron chi connectivity index (χ0n) is 12.6. The SMILES string of the molecule is CC(C)C1COC(=O)N1C(=O)c1c[nH]c2ccc(Cl)cc2c1=O. The van der Waals surface area contributed by atoms with Gasteiger partial charge < -0.3 is 9.72 Å². The first kappa shape index (κ1) is 15.6. The third-order valence-corrected chi connectivity index (χ3v) is 4.20. The van der Waals surface area contributed by atoms with E-state index in [2.05, 4.69) is 4.98 Å². The molecule has 1 atom stereocenters. The first-order chi connectivity index (χ1) is 10.9. The van der Waals surface area contributed by atoms with Crippen LogP contribution in [0.5, 0.6) is 0 Å². The number of fused-ring (bicyclic) bond motifs is 1. The Labute approximate surface area is 137 Å². The molecule has 1 saturated heterocycles. The van der Waals surface area contributed by atoms with E-state index >= 15 is 0 Å². The van der Waals surface area contributed by atoms with Gasteiger partial charge in [0.1, 0.15) is 12.2 Å². The third kappa shape index (κ3) is 2.59. The third-order valence-electron chi connectivity index (χ3n) is 3.97. The van der Waals surface area contributed by atoms with E-state index < -0.39 is 17.4 Å². The van der Waals surface area contributed by atoms with E-state index in [0.29, 0.717) is 15.9 Å². The van der Waals surface area contributed by atoms with Crippen molar-refractivity contribution in [1.82, 2.24) is 9.88 Å². The molecule has 6 nitrogen and oxygen atoms in total. The van der Waals surface area contributed by atoms with Crippen molar-refractivity contribution in [2.75, 3.05) is 6.61 Å². The molecule has 2 amide bonds. The van der Waals surface area contributed by atoms with Gasteiger partial charge in [-0.05, 0) is 24.1 Å². The number of imide groups is 1. The molecule has 1 aromatic heterocycles. The van der Waals surface area contributed by atoms with Crippen molar-refractivity contribution in [3.05, 3.63) is 45.2 Å². The summed E-state index contributed by atoms with van der Waals surface area (Å²) < 4.78 is 4.96. The van der Waals surface area contributed by atoms with Crippen molar-refractivity contribution in [3.8, 4) is 0 Å². The fourth-order valence-electron chi connectivity index (χ4n) is 2.64. The van der Waals surface area contributed by atoms with Gasteiger partial charge in [0.15, 0.2) is 0 Å². The topological polar surface area (TPSA) is 79.5 Å². The molecule has 1 aliphatic heterocycles. The molecule has 0 aliphatic carbocycles. The Bertz CT molecular complexity index is 859. The zero-order valence-corrected chi connectivity index (χ0v) is 13.4. The van der Waals surface area contributed by atoms with Crippen LogP contribution in [0.3, 0.4) is 0 Å². The number of aromatic nitrogens is 1. The van der Waals surface area contributed by atoms with Crippen LogP contribution in [0.1, 0.15) is 24.2 Å². The van der Waals surface area contributed by atoms with Crippen LogP contribution in [0.4, 0.5) is 4.79 Å². The zero-order chi connectivity index (χ0) is 16.7. The molecular formula is C16H15ClN2O4. The molecular weight excluding hydrogens is 320 g/mol. The number of benzene rings is 1. The monoisotopic (exact) mass is 334 g/mol.